The molecule has 7 unspecified atom stereocenters. The Bertz CT molecular complexity index is 1200. The van der Waals surface area contributed by atoms with Crippen LogP contribution in [0.5, 0.6) is 0 Å². The second kappa shape index (κ2) is 45.7. The number of allylic oxidation sites excluding steroid dienone is 10. The highest BCUT2D eigenvalue weighted by Crippen LogP contribution is 2.23. The molecule has 9 nitrogen and oxygen atoms in total. The molecule has 378 valence electrons. The summed E-state index contributed by atoms with van der Waals surface area (Å²) in [5.74, 6) is -0.152. The summed E-state index contributed by atoms with van der Waals surface area (Å²) < 4.78 is 11.3. The maximum absolute atomic E-state index is 13.1. The molecule has 1 aliphatic heterocycles. The summed E-state index contributed by atoms with van der Waals surface area (Å²) >= 11 is 0. The van der Waals surface area contributed by atoms with E-state index in [0.29, 0.717) is 12.8 Å². The summed E-state index contributed by atoms with van der Waals surface area (Å²) in [6.07, 6.45) is 53.7. The van der Waals surface area contributed by atoms with E-state index in [0.717, 1.165) is 77.0 Å². The van der Waals surface area contributed by atoms with Gasteiger partial charge in [-0.25, -0.2) is 0 Å². The fourth-order valence-corrected chi connectivity index (χ4v) is 8.36. The average Bonchev–Trinajstić information content (AvgIpc) is 3.31. The molecule has 1 aliphatic rings. The predicted octanol–water partition coefficient (Wildman–Crippen LogP) is 12.7. The number of aliphatic hydroxyl groups excluding tert-OH is 5. The van der Waals surface area contributed by atoms with Crippen molar-refractivity contribution in [3.8, 4) is 0 Å². The van der Waals surface area contributed by atoms with Crippen molar-refractivity contribution in [2.45, 2.75) is 275 Å². The number of rotatable bonds is 45. The summed E-state index contributed by atoms with van der Waals surface area (Å²) in [6.45, 7) is 3.73. The summed E-state index contributed by atoms with van der Waals surface area (Å²) in [4.78, 5) is 13.1. The van der Waals surface area contributed by atoms with E-state index in [9.17, 15) is 30.3 Å². The quantitative estimate of drug-likeness (QED) is 0.0261. The average molecular weight is 916 g/mol. The summed E-state index contributed by atoms with van der Waals surface area (Å²) in [6, 6.07) is -0.725. The van der Waals surface area contributed by atoms with Crippen LogP contribution in [-0.4, -0.2) is 87.5 Å². The lowest BCUT2D eigenvalue weighted by Gasteiger charge is -2.40. The van der Waals surface area contributed by atoms with Gasteiger partial charge in [-0.3, -0.25) is 4.79 Å². The Morgan fingerprint density at radius 3 is 1.42 bits per heavy atom. The molecule has 0 saturated carbocycles. The second-order valence-electron chi connectivity index (χ2n) is 18.6. The molecule has 0 aromatic rings. The van der Waals surface area contributed by atoms with Gasteiger partial charge in [-0.2, -0.15) is 0 Å². The normalized spacial score (nSPS) is 20.4. The number of hydrogen-bond donors (Lipinski definition) is 6. The van der Waals surface area contributed by atoms with Gasteiger partial charge in [-0.1, -0.05) is 229 Å². The van der Waals surface area contributed by atoms with Crippen LogP contribution in [0.25, 0.3) is 0 Å². The molecular formula is C56H101NO8. The minimum absolute atomic E-state index is 0.142. The van der Waals surface area contributed by atoms with Crippen LogP contribution >= 0.6 is 0 Å². The van der Waals surface area contributed by atoms with E-state index >= 15 is 0 Å². The fourth-order valence-electron chi connectivity index (χ4n) is 8.36. The van der Waals surface area contributed by atoms with Gasteiger partial charge in [-0.05, 0) is 57.8 Å². The monoisotopic (exact) mass is 916 g/mol. The molecule has 1 rings (SSSR count). The number of nitrogens with one attached hydrogen (secondary N) is 1. The van der Waals surface area contributed by atoms with Crippen molar-refractivity contribution in [3.05, 3.63) is 60.8 Å². The molecule has 1 amide bonds. The molecule has 65 heavy (non-hydrogen) atoms. The van der Waals surface area contributed by atoms with Crippen molar-refractivity contribution >= 4 is 5.91 Å². The summed E-state index contributed by atoms with van der Waals surface area (Å²) in [5, 5.41) is 54.6. The Hall–Kier alpha value is -2.11. The van der Waals surface area contributed by atoms with E-state index in [1.165, 1.54) is 128 Å². The van der Waals surface area contributed by atoms with Crippen LogP contribution in [0.3, 0.4) is 0 Å². The van der Waals surface area contributed by atoms with Crippen molar-refractivity contribution in [1.29, 1.82) is 0 Å². The van der Waals surface area contributed by atoms with E-state index in [-0.39, 0.29) is 12.5 Å². The minimum atomic E-state index is -1.56. The molecule has 1 saturated heterocycles. The van der Waals surface area contributed by atoms with Crippen LogP contribution in [-0.2, 0) is 14.3 Å². The first-order chi connectivity index (χ1) is 31.8. The maximum atomic E-state index is 13.1. The zero-order valence-corrected chi connectivity index (χ0v) is 41.7. The van der Waals surface area contributed by atoms with E-state index in [4.69, 9.17) is 9.47 Å². The van der Waals surface area contributed by atoms with Crippen molar-refractivity contribution in [3.63, 3.8) is 0 Å². The van der Waals surface area contributed by atoms with Crippen LogP contribution in [0.15, 0.2) is 60.8 Å². The van der Waals surface area contributed by atoms with Crippen molar-refractivity contribution in [1.82, 2.24) is 5.32 Å². The van der Waals surface area contributed by atoms with Crippen LogP contribution in [0.2, 0.25) is 0 Å². The lowest BCUT2D eigenvalue weighted by molar-refractivity contribution is -0.302. The Kier molecular flexibility index (Phi) is 42.8. The van der Waals surface area contributed by atoms with Crippen LogP contribution in [0.4, 0.5) is 0 Å². The van der Waals surface area contributed by atoms with E-state index < -0.39 is 49.5 Å². The minimum Gasteiger partial charge on any atom is -0.394 e. The van der Waals surface area contributed by atoms with Crippen LogP contribution in [0, 0.1) is 0 Å². The fraction of sp³-hybridized carbons (Fsp3) is 0.804. The molecule has 0 aliphatic carbocycles. The third kappa shape index (κ3) is 35.7. The van der Waals surface area contributed by atoms with Gasteiger partial charge in [-0.15, -0.1) is 0 Å². The van der Waals surface area contributed by atoms with Gasteiger partial charge in [0.05, 0.1) is 25.4 Å². The molecule has 0 spiro atoms. The molecule has 1 heterocycles. The lowest BCUT2D eigenvalue weighted by Crippen LogP contribution is -2.60. The maximum Gasteiger partial charge on any atom is 0.220 e. The molecule has 0 aromatic carbocycles. The molecule has 0 radical (unpaired) electrons. The topological polar surface area (TPSA) is 149 Å². The van der Waals surface area contributed by atoms with E-state index in [2.05, 4.69) is 79.9 Å². The number of hydrogen-bond acceptors (Lipinski definition) is 8. The van der Waals surface area contributed by atoms with Gasteiger partial charge in [0.25, 0.3) is 0 Å². The second-order valence-corrected chi connectivity index (χ2v) is 18.6. The van der Waals surface area contributed by atoms with Gasteiger partial charge in [0.2, 0.25) is 5.91 Å². The third-order valence-corrected chi connectivity index (χ3v) is 12.6. The molecule has 9 heteroatoms. The Morgan fingerprint density at radius 1 is 0.538 bits per heavy atom. The van der Waals surface area contributed by atoms with Gasteiger partial charge >= 0.3 is 0 Å². The molecule has 0 aromatic heterocycles. The molecule has 6 N–H and O–H groups in total. The summed E-state index contributed by atoms with van der Waals surface area (Å²) in [5.41, 5.74) is 0. The Labute approximate surface area is 398 Å². The predicted molar refractivity (Wildman–Crippen MR) is 272 cm³/mol. The number of carbonyl (C=O) groups is 1. The van der Waals surface area contributed by atoms with Crippen molar-refractivity contribution < 1.29 is 39.8 Å². The first-order valence-electron chi connectivity index (χ1n) is 27.0. The number of unbranched alkanes of at least 4 members (excludes halogenated alkanes) is 25. The Morgan fingerprint density at radius 2 is 0.954 bits per heavy atom. The number of carbonyl (C=O) groups excluding carboxylic acids is 1. The van der Waals surface area contributed by atoms with E-state index in [1.54, 1.807) is 0 Å². The van der Waals surface area contributed by atoms with Crippen molar-refractivity contribution in [2.75, 3.05) is 13.2 Å². The number of aliphatic hydroxyl groups is 5. The SMILES string of the molecule is CC/C=C\C/C=C\C/C=C\C/C=C\C/C=C\CCCCCCCCCCCC(=O)NC(COC1OC(CO)C(O)C(O)C1O)C(O)CCCCCCCCCCCCCCCCCCC. The molecule has 1 fully saturated rings. The molecular weight excluding hydrogens is 815 g/mol. The lowest BCUT2D eigenvalue weighted by atomic mass is 9.99. The van der Waals surface area contributed by atoms with Gasteiger partial charge in [0.15, 0.2) is 6.29 Å². The van der Waals surface area contributed by atoms with E-state index in [1.807, 2.05) is 0 Å². The first-order valence-corrected chi connectivity index (χ1v) is 27.0. The van der Waals surface area contributed by atoms with Crippen LogP contribution in [0.1, 0.15) is 232 Å². The zero-order chi connectivity index (χ0) is 47.3. The van der Waals surface area contributed by atoms with Gasteiger partial charge in [0.1, 0.15) is 24.4 Å². The molecule has 0 bridgehead atoms. The smallest absolute Gasteiger partial charge is 0.220 e. The third-order valence-electron chi connectivity index (χ3n) is 12.6. The molecule has 7 atom stereocenters. The van der Waals surface area contributed by atoms with Gasteiger partial charge < -0.3 is 40.3 Å². The highest BCUT2D eigenvalue weighted by Gasteiger charge is 2.44. The van der Waals surface area contributed by atoms with Crippen molar-refractivity contribution in [2.24, 2.45) is 0 Å². The highest BCUT2D eigenvalue weighted by atomic mass is 16.7. The Balaban J connectivity index is 2.24. The highest BCUT2D eigenvalue weighted by molar-refractivity contribution is 5.76. The number of ether oxygens (including phenoxy) is 2. The largest absolute Gasteiger partial charge is 0.394 e. The zero-order valence-electron chi connectivity index (χ0n) is 41.7. The standard InChI is InChI=1S/C56H101NO8/c1-3-5-7-9-11-13-15-17-19-21-22-23-24-25-26-27-28-30-32-34-36-38-40-42-44-46-52(60)57-49(48-64-56-55(63)54(62)53(61)51(47-58)65-56)50(59)45-43-41-39-37-35-33-31-29-20-18-16-14-12-10-8-6-4-2/h5,7,11,13,17,19,22-23,25-26,49-51,53-56,58-59,61-63H,3-4,6,8-10,12,14-16,18,20-21,24,27-48H2,1-2H3,(H,57,60)/b7-5-,13-11-,19-17-,23-22-,26-25-. The van der Waals surface area contributed by atoms with Crippen LogP contribution < -0.4 is 5.32 Å². The first kappa shape index (κ1) is 60.9. The van der Waals surface area contributed by atoms with Gasteiger partial charge in [0, 0.05) is 6.42 Å². The number of amides is 1. The summed E-state index contributed by atoms with van der Waals surface area (Å²) in [7, 11) is 0.